The minimum atomic E-state index is -0.362. The van der Waals surface area contributed by atoms with Gasteiger partial charge in [-0.05, 0) is 25.2 Å². The van der Waals surface area contributed by atoms with Gasteiger partial charge in [-0.1, -0.05) is 12.8 Å². The van der Waals surface area contributed by atoms with E-state index in [0.717, 1.165) is 38.4 Å². The third kappa shape index (κ3) is 1.94. The van der Waals surface area contributed by atoms with Crippen molar-refractivity contribution in [3.8, 4) is 0 Å². The van der Waals surface area contributed by atoms with Gasteiger partial charge in [0, 0.05) is 13.2 Å². The summed E-state index contributed by atoms with van der Waals surface area (Å²) < 4.78 is 5.21. The second kappa shape index (κ2) is 2.76. The monoisotopic (exact) mass is 156 g/mol. The average Bonchev–Trinajstić information content (AvgIpc) is 2.72. The van der Waals surface area contributed by atoms with Crippen LogP contribution in [0.5, 0.6) is 0 Å². The maximum Gasteiger partial charge on any atom is 0.0694 e. The highest BCUT2D eigenvalue weighted by atomic mass is 16.5. The smallest absolute Gasteiger partial charge is 0.0694 e. The Bertz CT molecular complexity index is 134. The molecule has 2 nitrogen and oxygen atoms in total. The van der Waals surface area contributed by atoms with Gasteiger partial charge in [0.1, 0.15) is 0 Å². The zero-order valence-electron chi connectivity index (χ0n) is 6.88. The van der Waals surface area contributed by atoms with E-state index in [1.165, 1.54) is 12.8 Å². The highest BCUT2D eigenvalue weighted by Crippen LogP contribution is 2.39. The summed E-state index contributed by atoms with van der Waals surface area (Å²) in [4.78, 5) is 0. The molecule has 0 radical (unpaired) electrons. The maximum absolute atomic E-state index is 10.0. The Hall–Kier alpha value is -0.0800. The molecule has 1 saturated carbocycles. The number of hydrogen-bond acceptors (Lipinski definition) is 2. The molecule has 0 amide bonds. The van der Waals surface area contributed by atoms with Crippen LogP contribution >= 0.6 is 0 Å². The lowest BCUT2D eigenvalue weighted by atomic mass is 9.89. The molecule has 1 aliphatic carbocycles. The molecule has 11 heavy (non-hydrogen) atoms. The molecular weight excluding hydrogens is 140 g/mol. The second-order valence-corrected chi connectivity index (χ2v) is 3.98. The number of hydrogen-bond donors (Lipinski definition) is 1. The summed E-state index contributed by atoms with van der Waals surface area (Å²) in [5.41, 5.74) is -0.362. The van der Waals surface area contributed by atoms with Crippen LogP contribution < -0.4 is 0 Å². The first-order valence-electron chi connectivity index (χ1n) is 4.59. The van der Waals surface area contributed by atoms with Gasteiger partial charge in [-0.2, -0.15) is 0 Å². The summed E-state index contributed by atoms with van der Waals surface area (Å²) in [5, 5.41) is 10.0. The van der Waals surface area contributed by atoms with Crippen LogP contribution in [0.15, 0.2) is 0 Å². The molecule has 0 aromatic rings. The van der Waals surface area contributed by atoms with Gasteiger partial charge in [-0.15, -0.1) is 0 Å². The third-order valence-electron chi connectivity index (χ3n) is 2.79. The van der Waals surface area contributed by atoms with E-state index < -0.39 is 0 Å². The van der Waals surface area contributed by atoms with Gasteiger partial charge >= 0.3 is 0 Å². The molecule has 2 aliphatic rings. The van der Waals surface area contributed by atoms with E-state index in [4.69, 9.17) is 4.74 Å². The highest BCUT2D eigenvalue weighted by molar-refractivity contribution is 4.88. The molecule has 0 unspecified atom stereocenters. The lowest BCUT2D eigenvalue weighted by molar-refractivity contribution is -0.0708. The summed E-state index contributed by atoms with van der Waals surface area (Å²) in [6.07, 6.45) is 5.40. The number of rotatable bonds is 2. The van der Waals surface area contributed by atoms with Crippen molar-refractivity contribution >= 4 is 0 Å². The van der Waals surface area contributed by atoms with Crippen molar-refractivity contribution in [1.82, 2.24) is 0 Å². The molecule has 2 rings (SSSR count). The van der Waals surface area contributed by atoms with Crippen molar-refractivity contribution in [2.75, 3.05) is 13.2 Å². The first kappa shape index (κ1) is 7.56. The highest BCUT2D eigenvalue weighted by Gasteiger charge is 2.36. The van der Waals surface area contributed by atoms with Crippen LogP contribution in [0.1, 0.15) is 32.1 Å². The fourth-order valence-corrected chi connectivity index (χ4v) is 1.81. The Balaban J connectivity index is 1.84. The Labute approximate surface area is 67.6 Å². The number of aliphatic hydroxyl groups is 1. The molecule has 0 spiro atoms. The average molecular weight is 156 g/mol. The van der Waals surface area contributed by atoms with Crippen LogP contribution in [-0.2, 0) is 4.74 Å². The molecule has 0 aromatic heterocycles. The summed E-state index contributed by atoms with van der Waals surface area (Å²) >= 11 is 0. The minimum Gasteiger partial charge on any atom is -0.390 e. The summed E-state index contributed by atoms with van der Waals surface area (Å²) in [6, 6.07) is 0. The Morgan fingerprint density at radius 1 is 1.27 bits per heavy atom. The third-order valence-corrected chi connectivity index (χ3v) is 2.79. The predicted octanol–water partition coefficient (Wildman–Crippen LogP) is 1.33. The molecule has 0 atom stereocenters. The van der Waals surface area contributed by atoms with Crippen LogP contribution in [0.25, 0.3) is 0 Å². The van der Waals surface area contributed by atoms with Crippen molar-refractivity contribution in [1.29, 1.82) is 0 Å². The van der Waals surface area contributed by atoms with E-state index in [1.807, 2.05) is 0 Å². The van der Waals surface area contributed by atoms with Gasteiger partial charge < -0.3 is 9.84 Å². The normalized spacial score (nSPS) is 30.3. The van der Waals surface area contributed by atoms with Crippen molar-refractivity contribution in [2.24, 2.45) is 5.92 Å². The summed E-state index contributed by atoms with van der Waals surface area (Å²) in [6.45, 7) is 1.51. The second-order valence-electron chi connectivity index (χ2n) is 3.98. The summed E-state index contributed by atoms with van der Waals surface area (Å²) in [5.74, 6) is 0.832. The number of ether oxygens (including phenoxy) is 1. The van der Waals surface area contributed by atoms with E-state index in [9.17, 15) is 5.11 Å². The Morgan fingerprint density at radius 2 is 1.91 bits per heavy atom. The van der Waals surface area contributed by atoms with Crippen LogP contribution in [0.4, 0.5) is 0 Å². The largest absolute Gasteiger partial charge is 0.390 e. The van der Waals surface area contributed by atoms with Crippen LogP contribution in [-0.4, -0.2) is 23.9 Å². The van der Waals surface area contributed by atoms with Gasteiger partial charge in [-0.25, -0.2) is 0 Å². The van der Waals surface area contributed by atoms with E-state index in [0.29, 0.717) is 0 Å². The van der Waals surface area contributed by atoms with E-state index in [2.05, 4.69) is 0 Å². The lowest BCUT2D eigenvalue weighted by Gasteiger charge is -2.32. The topological polar surface area (TPSA) is 29.5 Å². The molecule has 2 fully saturated rings. The Kier molecular flexibility index (Phi) is 1.90. The predicted molar refractivity (Wildman–Crippen MR) is 42.3 cm³/mol. The van der Waals surface area contributed by atoms with Gasteiger partial charge in [0.15, 0.2) is 0 Å². The molecule has 0 bridgehead atoms. The fourth-order valence-electron chi connectivity index (χ4n) is 1.81. The van der Waals surface area contributed by atoms with E-state index >= 15 is 0 Å². The van der Waals surface area contributed by atoms with Gasteiger partial charge in [0.05, 0.1) is 5.60 Å². The summed E-state index contributed by atoms with van der Waals surface area (Å²) in [7, 11) is 0. The molecular formula is C9H16O2. The zero-order chi connectivity index (χ0) is 7.73. The first-order chi connectivity index (χ1) is 5.29. The van der Waals surface area contributed by atoms with Gasteiger partial charge in [0.25, 0.3) is 0 Å². The maximum atomic E-state index is 10.0. The minimum absolute atomic E-state index is 0.362. The molecule has 0 aromatic carbocycles. The van der Waals surface area contributed by atoms with Crippen molar-refractivity contribution in [3.05, 3.63) is 0 Å². The fraction of sp³-hybridized carbons (Fsp3) is 1.00. The van der Waals surface area contributed by atoms with Crippen molar-refractivity contribution in [3.63, 3.8) is 0 Å². The van der Waals surface area contributed by atoms with Crippen LogP contribution in [0, 0.1) is 5.92 Å². The molecule has 1 saturated heterocycles. The van der Waals surface area contributed by atoms with Gasteiger partial charge in [0.2, 0.25) is 0 Å². The Morgan fingerprint density at radius 3 is 2.45 bits per heavy atom. The van der Waals surface area contributed by atoms with Crippen LogP contribution in [0.2, 0.25) is 0 Å². The van der Waals surface area contributed by atoms with Crippen molar-refractivity contribution in [2.45, 2.75) is 37.7 Å². The standard InChI is InChI=1S/C9H16O2/c10-9(7-8-1-2-8)3-5-11-6-4-9/h8,10H,1-7H2. The van der Waals surface area contributed by atoms with E-state index in [1.54, 1.807) is 0 Å². The van der Waals surface area contributed by atoms with Gasteiger partial charge in [-0.3, -0.25) is 0 Å². The van der Waals surface area contributed by atoms with Crippen LogP contribution in [0.3, 0.4) is 0 Å². The molecule has 2 heteroatoms. The first-order valence-corrected chi connectivity index (χ1v) is 4.59. The van der Waals surface area contributed by atoms with Crippen molar-refractivity contribution < 1.29 is 9.84 Å². The zero-order valence-corrected chi connectivity index (χ0v) is 6.88. The molecule has 1 aliphatic heterocycles. The molecule has 1 heterocycles. The molecule has 64 valence electrons. The lowest BCUT2D eigenvalue weighted by Crippen LogP contribution is -2.36. The SMILES string of the molecule is OC1(CC2CC2)CCOCC1. The van der Waals surface area contributed by atoms with E-state index in [-0.39, 0.29) is 5.60 Å². The molecule has 1 N–H and O–H groups in total. The quantitative estimate of drug-likeness (QED) is 0.653.